The lowest BCUT2D eigenvalue weighted by molar-refractivity contribution is -0.173. The lowest BCUT2D eigenvalue weighted by atomic mass is 9.95. The van der Waals surface area contributed by atoms with Crippen LogP contribution < -0.4 is 11.2 Å². The molecule has 1 aromatic heterocycles. The van der Waals surface area contributed by atoms with E-state index in [1.54, 1.807) is 5.48 Å². The summed E-state index contributed by atoms with van der Waals surface area (Å²) in [6, 6.07) is 1.29. The van der Waals surface area contributed by atoms with Crippen molar-refractivity contribution < 1.29 is 34.4 Å². The van der Waals surface area contributed by atoms with E-state index in [-0.39, 0.29) is 12.4 Å². The molecule has 0 bridgehead atoms. The molecular weight excluding hydrogens is 374 g/mol. The fourth-order valence-corrected chi connectivity index (χ4v) is 3.62. The zero-order chi connectivity index (χ0) is 20.3. The van der Waals surface area contributed by atoms with Crippen LogP contribution in [0, 0.1) is 0 Å². The Morgan fingerprint density at radius 2 is 2.25 bits per heavy atom. The quantitative estimate of drug-likeness (QED) is 0.350. The fraction of sp³-hybridized carbons (Fsp3) is 0.706. The molecule has 2 aliphatic heterocycles. The van der Waals surface area contributed by atoms with E-state index >= 15 is 0 Å². The molecule has 5 atom stereocenters. The van der Waals surface area contributed by atoms with Gasteiger partial charge in [0.05, 0.1) is 0 Å². The van der Waals surface area contributed by atoms with Crippen molar-refractivity contribution in [3.8, 4) is 0 Å². The summed E-state index contributed by atoms with van der Waals surface area (Å²) in [7, 11) is 0. The molecule has 0 aromatic carbocycles. The highest BCUT2D eigenvalue weighted by Crippen LogP contribution is 2.33. The Morgan fingerprint density at radius 1 is 1.46 bits per heavy atom. The van der Waals surface area contributed by atoms with Gasteiger partial charge in [0.25, 0.3) is 0 Å². The van der Waals surface area contributed by atoms with Gasteiger partial charge in [0.2, 0.25) is 0 Å². The topological polar surface area (TPSA) is 152 Å². The number of ether oxygens (including phenoxy) is 3. The molecule has 0 spiro atoms. The van der Waals surface area contributed by atoms with Gasteiger partial charge in [-0.3, -0.25) is 15.3 Å². The average molecular weight is 399 g/mol. The van der Waals surface area contributed by atoms with Crippen molar-refractivity contribution in [2.24, 2.45) is 0 Å². The Balaban J connectivity index is 1.66. The van der Waals surface area contributed by atoms with E-state index in [0.29, 0.717) is 19.4 Å². The molecule has 4 N–H and O–H groups in total. The van der Waals surface area contributed by atoms with Crippen LogP contribution in [-0.4, -0.2) is 68.1 Å². The summed E-state index contributed by atoms with van der Waals surface area (Å²) in [6.45, 7) is 2.15. The van der Waals surface area contributed by atoms with Crippen LogP contribution in [0.4, 0.5) is 5.82 Å². The van der Waals surface area contributed by atoms with Crippen LogP contribution in [0.1, 0.15) is 38.8 Å². The van der Waals surface area contributed by atoms with Crippen molar-refractivity contribution in [2.75, 3.05) is 18.7 Å². The number of esters is 1. The van der Waals surface area contributed by atoms with Crippen LogP contribution in [-0.2, 0) is 19.0 Å². The second-order valence-corrected chi connectivity index (χ2v) is 6.96. The molecule has 2 aliphatic rings. The predicted octanol–water partition coefficient (Wildman–Crippen LogP) is -0.444. The van der Waals surface area contributed by atoms with Crippen molar-refractivity contribution in [1.82, 2.24) is 9.55 Å². The van der Waals surface area contributed by atoms with Crippen LogP contribution in [0.2, 0.25) is 0 Å². The minimum atomic E-state index is -1.43. The van der Waals surface area contributed by atoms with Gasteiger partial charge in [-0.2, -0.15) is 4.98 Å². The Bertz CT molecular complexity index is 748. The van der Waals surface area contributed by atoms with Gasteiger partial charge in [0, 0.05) is 12.8 Å². The Morgan fingerprint density at radius 3 is 2.86 bits per heavy atom. The summed E-state index contributed by atoms with van der Waals surface area (Å²) >= 11 is 0. The number of carbonyl (C=O) groups is 1. The van der Waals surface area contributed by atoms with Gasteiger partial charge in [0.15, 0.2) is 17.6 Å². The van der Waals surface area contributed by atoms with Gasteiger partial charge < -0.3 is 24.4 Å². The molecule has 28 heavy (non-hydrogen) atoms. The molecular formula is C17H25N3O8. The van der Waals surface area contributed by atoms with Gasteiger partial charge >= 0.3 is 11.7 Å². The van der Waals surface area contributed by atoms with Gasteiger partial charge in [-0.1, -0.05) is 13.3 Å². The summed E-state index contributed by atoms with van der Waals surface area (Å²) < 4.78 is 17.5. The number of aliphatic hydroxyl groups is 2. The largest absolute Gasteiger partial charge is 0.461 e. The summed E-state index contributed by atoms with van der Waals surface area (Å²) in [5, 5.41) is 29.3. The predicted molar refractivity (Wildman–Crippen MR) is 93.6 cm³/mol. The monoisotopic (exact) mass is 399 g/mol. The molecule has 0 radical (unpaired) electrons. The number of hydrogen-bond acceptors (Lipinski definition) is 10. The molecule has 0 amide bonds. The summed E-state index contributed by atoms with van der Waals surface area (Å²) in [4.78, 5) is 28.1. The third kappa shape index (κ3) is 3.89. The highest BCUT2D eigenvalue weighted by molar-refractivity contribution is 5.80. The van der Waals surface area contributed by atoms with Crippen LogP contribution >= 0.6 is 0 Å². The van der Waals surface area contributed by atoms with E-state index < -0.39 is 41.8 Å². The maximum absolute atomic E-state index is 12.5. The van der Waals surface area contributed by atoms with E-state index in [1.807, 2.05) is 6.92 Å². The number of nitrogens with zero attached hydrogens (tertiary/aromatic N) is 2. The Hall–Kier alpha value is -2.05. The van der Waals surface area contributed by atoms with Gasteiger partial charge in [-0.05, 0) is 25.3 Å². The van der Waals surface area contributed by atoms with Gasteiger partial charge in [-0.15, -0.1) is 0 Å². The minimum absolute atomic E-state index is 0.0717. The molecule has 0 aliphatic carbocycles. The molecule has 11 heteroatoms. The maximum atomic E-state index is 12.5. The SMILES string of the molecule is CCC[C@@]1(C(=O)OC[C@H]2O[C@@H](n3ccc(NO)nc3=O)[C@H](O)[C@@H]2O)CCCO1. The first-order chi connectivity index (χ1) is 13.4. The molecule has 3 heterocycles. The van der Waals surface area contributed by atoms with Crippen LogP contribution in [0.5, 0.6) is 0 Å². The highest BCUT2D eigenvalue weighted by atomic mass is 16.6. The summed E-state index contributed by atoms with van der Waals surface area (Å²) in [6.07, 6.45) is -1.13. The number of aromatic nitrogens is 2. The molecule has 0 unspecified atom stereocenters. The number of carbonyl (C=O) groups excluding carboxylic acids is 1. The summed E-state index contributed by atoms with van der Waals surface area (Å²) in [5.74, 6) is -0.588. The first kappa shape index (κ1) is 20.7. The number of aliphatic hydroxyl groups excluding tert-OH is 2. The number of hydrogen-bond donors (Lipinski definition) is 4. The average Bonchev–Trinajstić information content (AvgIpc) is 3.27. The highest BCUT2D eigenvalue weighted by Gasteiger charge is 2.47. The molecule has 1 aromatic rings. The van der Waals surface area contributed by atoms with Gasteiger partial charge in [-0.25, -0.2) is 9.59 Å². The Labute approximate surface area is 160 Å². The van der Waals surface area contributed by atoms with Crippen molar-refractivity contribution in [2.45, 2.75) is 62.7 Å². The van der Waals surface area contributed by atoms with Crippen molar-refractivity contribution in [3.63, 3.8) is 0 Å². The van der Waals surface area contributed by atoms with Crippen LogP contribution in [0.15, 0.2) is 17.1 Å². The zero-order valence-corrected chi connectivity index (χ0v) is 15.5. The van der Waals surface area contributed by atoms with Crippen LogP contribution in [0.25, 0.3) is 0 Å². The number of rotatable bonds is 7. The van der Waals surface area contributed by atoms with E-state index in [9.17, 15) is 19.8 Å². The normalized spacial score (nSPS) is 32.4. The fourth-order valence-electron chi connectivity index (χ4n) is 3.62. The van der Waals surface area contributed by atoms with Gasteiger partial charge in [0.1, 0.15) is 24.9 Å². The van der Waals surface area contributed by atoms with E-state index in [1.165, 1.54) is 12.3 Å². The first-order valence-electron chi connectivity index (χ1n) is 9.24. The summed E-state index contributed by atoms with van der Waals surface area (Å²) in [5.41, 5.74) is -0.0238. The third-order valence-electron chi connectivity index (χ3n) is 5.06. The lowest BCUT2D eigenvalue weighted by Gasteiger charge is -2.26. The smallest absolute Gasteiger partial charge is 0.351 e. The van der Waals surface area contributed by atoms with E-state index in [2.05, 4.69) is 4.98 Å². The second kappa shape index (κ2) is 8.53. The Kier molecular flexibility index (Phi) is 6.30. The second-order valence-electron chi connectivity index (χ2n) is 6.96. The molecule has 156 valence electrons. The van der Waals surface area contributed by atoms with Crippen molar-refractivity contribution in [3.05, 3.63) is 22.7 Å². The van der Waals surface area contributed by atoms with Crippen LogP contribution in [0.3, 0.4) is 0 Å². The molecule has 2 saturated heterocycles. The zero-order valence-electron chi connectivity index (χ0n) is 15.5. The van der Waals surface area contributed by atoms with E-state index in [4.69, 9.17) is 19.4 Å². The lowest BCUT2D eigenvalue weighted by Crippen LogP contribution is -2.42. The third-order valence-corrected chi connectivity index (χ3v) is 5.06. The standard InChI is InChI=1S/C17H25N3O8/c1-2-5-17(6-3-8-27-17)15(23)26-9-10-12(21)13(22)14(28-10)20-7-4-11(19-25)18-16(20)24/h4,7,10,12-14,21-22,25H,2-3,5-6,8-9H2,1H3,(H,18,19,24)/t10-,12-,13-,14-,17+/m1/s1. The minimum Gasteiger partial charge on any atom is -0.461 e. The van der Waals surface area contributed by atoms with E-state index in [0.717, 1.165) is 17.4 Å². The van der Waals surface area contributed by atoms with Crippen molar-refractivity contribution >= 4 is 11.8 Å². The van der Waals surface area contributed by atoms with Crippen molar-refractivity contribution in [1.29, 1.82) is 0 Å². The number of anilines is 1. The molecule has 0 saturated carbocycles. The maximum Gasteiger partial charge on any atom is 0.351 e. The first-order valence-corrected chi connectivity index (χ1v) is 9.24. The molecule has 11 nitrogen and oxygen atoms in total. The molecule has 3 rings (SSSR count). The number of nitrogens with one attached hydrogen (secondary N) is 1. The molecule has 2 fully saturated rings.